The van der Waals surface area contributed by atoms with Gasteiger partial charge in [-0.2, -0.15) is 0 Å². The fourth-order valence-corrected chi connectivity index (χ4v) is 1.85. The molecule has 0 saturated carbocycles. The molecule has 3 nitrogen and oxygen atoms in total. The fraction of sp³-hybridized carbons (Fsp3) is 0.417. The number of carbonyl (C=O) groups excluding carboxylic acids is 1. The van der Waals surface area contributed by atoms with Crippen molar-refractivity contribution in [3.63, 3.8) is 0 Å². The molecule has 2 N–H and O–H groups in total. The number of amides is 1. The molecule has 0 atom stereocenters. The highest BCUT2D eigenvalue weighted by atomic mass is 35.5. The highest BCUT2D eigenvalue weighted by Gasteiger charge is 2.07. The van der Waals surface area contributed by atoms with Crippen LogP contribution < -0.4 is 10.6 Å². The Morgan fingerprint density at radius 1 is 1.18 bits per heavy atom. The van der Waals surface area contributed by atoms with Gasteiger partial charge in [-0.3, -0.25) is 4.79 Å². The van der Waals surface area contributed by atoms with Crippen molar-refractivity contribution in [3.8, 4) is 0 Å². The van der Waals surface area contributed by atoms with Gasteiger partial charge in [-0.1, -0.05) is 37.0 Å². The first-order chi connectivity index (χ1) is 7.99. The van der Waals surface area contributed by atoms with Gasteiger partial charge in [0.05, 0.1) is 0 Å². The van der Waals surface area contributed by atoms with Crippen LogP contribution in [0.5, 0.6) is 0 Å². The lowest BCUT2D eigenvalue weighted by Crippen LogP contribution is -2.34. The van der Waals surface area contributed by atoms with Gasteiger partial charge < -0.3 is 10.6 Å². The first kappa shape index (κ1) is 14.3. The Morgan fingerprint density at radius 3 is 2.29 bits per heavy atom. The maximum absolute atomic E-state index is 11.7. The number of carbonyl (C=O) groups is 1. The Morgan fingerprint density at radius 2 is 1.76 bits per heavy atom. The number of nitrogens with one attached hydrogen (secondary N) is 2. The molecular formula is C12H16Cl2N2O. The van der Waals surface area contributed by atoms with Crippen LogP contribution in [0.15, 0.2) is 18.2 Å². The molecule has 0 aromatic heterocycles. The third-order valence-electron chi connectivity index (χ3n) is 2.09. The molecule has 5 heteroatoms. The molecule has 1 aromatic rings. The van der Waals surface area contributed by atoms with E-state index in [1.807, 2.05) is 0 Å². The smallest absolute Gasteiger partial charge is 0.251 e. The van der Waals surface area contributed by atoms with Crippen molar-refractivity contribution in [2.24, 2.45) is 0 Å². The molecule has 0 bridgehead atoms. The maximum Gasteiger partial charge on any atom is 0.251 e. The molecule has 94 valence electrons. The lowest BCUT2D eigenvalue weighted by Gasteiger charge is -2.09. The lowest BCUT2D eigenvalue weighted by atomic mass is 10.2. The van der Waals surface area contributed by atoms with Gasteiger partial charge in [0.1, 0.15) is 0 Å². The van der Waals surface area contributed by atoms with E-state index in [0.29, 0.717) is 28.2 Å². The minimum atomic E-state index is -0.167. The summed E-state index contributed by atoms with van der Waals surface area (Å²) in [6.07, 6.45) is 0. The number of hydrogen-bond donors (Lipinski definition) is 2. The zero-order valence-electron chi connectivity index (χ0n) is 9.89. The minimum absolute atomic E-state index is 0.167. The maximum atomic E-state index is 11.7. The summed E-state index contributed by atoms with van der Waals surface area (Å²) in [7, 11) is 0. The molecule has 0 radical (unpaired) electrons. The van der Waals surface area contributed by atoms with E-state index in [4.69, 9.17) is 23.2 Å². The van der Waals surface area contributed by atoms with Crippen LogP contribution in [0, 0.1) is 0 Å². The standard InChI is InChI=1S/C12H16Cl2N2O/c1-8(2)15-3-4-16-12(17)9-5-10(13)7-11(14)6-9/h5-8,15H,3-4H2,1-2H3,(H,16,17). The van der Waals surface area contributed by atoms with Crippen molar-refractivity contribution in [1.82, 2.24) is 10.6 Å². The van der Waals surface area contributed by atoms with E-state index in [1.54, 1.807) is 18.2 Å². The average Bonchev–Trinajstić information content (AvgIpc) is 2.22. The Bertz CT molecular complexity index is 374. The van der Waals surface area contributed by atoms with Gasteiger partial charge in [0.2, 0.25) is 0 Å². The second-order valence-electron chi connectivity index (χ2n) is 4.02. The van der Waals surface area contributed by atoms with Crippen LogP contribution in [0.3, 0.4) is 0 Å². The van der Waals surface area contributed by atoms with Crippen molar-refractivity contribution in [3.05, 3.63) is 33.8 Å². The Labute approximate surface area is 111 Å². The topological polar surface area (TPSA) is 41.1 Å². The van der Waals surface area contributed by atoms with E-state index in [9.17, 15) is 4.79 Å². The van der Waals surface area contributed by atoms with Gasteiger partial charge in [-0.25, -0.2) is 0 Å². The van der Waals surface area contributed by atoms with Crippen molar-refractivity contribution in [2.75, 3.05) is 13.1 Å². The second-order valence-corrected chi connectivity index (χ2v) is 4.90. The lowest BCUT2D eigenvalue weighted by molar-refractivity contribution is 0.0953. The molecule has 1 aromatic carbocycles. The normalized spacial score (nSPS) is 10.6. The van der Waals surface area contributed by atoms with E-state index in [2.05, 4.69) is 24.5 Å². The van der Waals surface area contributed by atoms with E-state index in [0.717, 1.165) is 6.54 Å². The Kier molecular flexibility index (Phi) is 5.75. The number of halogens is 2. The van der Waals surface area contributed by atoms with Crippen molar-refractivity contribution in [1.29, 1.82) is 0 Å². The third-order valence-corrected chi connectivity index (χ3v) is 2.52. The highest BCUT2D eigenvalue weighted by molar-refractivity contribution is 6.35. The molecule has 0 unspecified atom stereocenters. The van der Waals surface area contributed by atoms with Crippen LogP contribution in [0.1, 0.15) is 24.2 Å². The summed E-state index contributed by atoms with van der Waals surface area (Å²) in [4.78, 5) is 11.7. The third kappa shape index (κ3) is 5.39. The van der Waals surface area contributed by atoms with Gasteiger partial charge in [0.25, 0.3) is 5.91 Å². The van der Waals surface area contributed by atoms with Gasteiger partial charge >= 0.3 is 0 Å². The molecule has 0 aliphatic rings. The van der Waals surface area contributed by atoms with Crippen LogP contribution >= 0.6 is 23.2 Å². The largest absolute Gasteiger partial charge is 0.351 e. The first-order valence-corrected chi connectivity index (χ1v) is 6.22. The van der Waals surface area contributed by atoms with Gasteiger partial charge in [0, 0.05) is 34.7 Å². The molecular weight excluding hydrogens is 259 g/mol. The summed E-state index contributed by atoms with van der Waals surface area (Å²) in [5.41, 5.74) is 0.479. The molecule has 1 rings (SSSR count). The summed E-state index contributed by atoms with van der Waals surface area (Å²) < 4.78 is 0. The molecule has 0 heterocycles. The van der Waals surface area contributed by atoms with Crippen molar-refractivity contribution >= 4 is 29.1 Å². The zero-order valence-corrected chi connectivity index (χ0v) is 11.4. The molecule has 0 aliphatic heterocycles. The summed E-state index contributed by atoms with van der Waals surface area (Å²) in [5, 5.41) is 6.92. The Hall–Kier alpha value is -0.770. The second kappa shape index (κ2) is 6.84. The molecule has 1 amide bonds. The predicted molar refractivity (Wildman–Crippen MR) is 71.9 cm³/mol. The first-order valence-electron chi connectivity index (χ1n) is 5.46. The molecule has 0 fully saturated rings. The quantitative estimate of drug-likeness (QED) is 0.811. The monoisotopic (exact) mass is 274 g/mol. The van der Waals surface area contributed by atoms with Gasteiger partial charge in [-0.15, -0.1) is 0 Å². The predicted octanol–water partition coefficient (Wildman–Crippen LogP) is 2.72. The van der Waals surface area contributed by atoms with Crippen molar-refractivity contribution < 1.29 is 4.79 Å². The van der Waals surface area contributed by atoms with Gasteiger partial charge in [-0.05, 0) is 18.2 Å². The zero-order chi connectivity index (χ0) is 12.8. The number of benzene rings is 1. The Balaban J connectivity index is 2.47. The van der Waals surface area contributed by atoms with Crippen LogP contribution in [0.4, 0.5) is 0 Å². The summed E-state index contributed by atoms with van der Waals surface area (Å²) in [5.74, 6) is -0.167. The summed E-state index contributed by atoms with van der Waals surface area (Å²) >= 11 is 11.6. The number of rotatable bonds is 5. The van der Waals surface area contributed by atoms with Crippen molar-refractivity contribution in [2.45, 2.75) is 19.9 Å². The van der Waals surface area contributed by atoms with Gasteiger partial charge in [0.15, 0.2) is 0 Å². The fourth-order valence-electron chi connectivity index (χ4n) is 1.32. The minimum Gasteiger partial charge on any atom is -0.351 e. The van der Waals surface area contributed by atoms with E-state index in [-0.39, 0.29) is 5.91 Å². The molecule has 0 aliphatic carbocycles. The summed E-state index contributed by atoms with van der Waals surface area (Å²) in [6.45, 7) is 5.41. The number of hydrogen-bond acceptors (Lipinski definition) is 2. The highest BCUT2D eigenvalue weighted by Crippen LogP contribution is 2.18. The van der Waals surface area contributed by atoms with Crippen LogP contribution in [-0.4, -0.2) is 25.0 Å². The molecule has 0 saturated heterocycles. The SMILES string of the molecule is CC(C)NCCNC(=O)c1cc(Cl)cc(Cl)c1. The van der Waals surface area contributed by atoms with E-state index in [1.165, 1.54) is 0 Å². The van der Waals surface area contributed by atoms with Crippen LogP contribution in [0.2, 0.25) is 10.0 Å². The van der Waals surface area contributed by atoms with E-state index >= 15 is 0 Å². The van der Waals surface area contributed by atoms with Crippen LogP contribution in [0.25, 0.3) is 0 Å². The van der Waals surface area contributed by atoms with E-state index < -0.39 is 0 Å². The molecule has 0 spiro atoms. The molecule has 17 heavy (non-hydrogen) atoms. The van der Waals surface area contributed by atoms with Crippen LogP contribution in [-0.2, 0) is 0 Å². The summed E-state index contributed by atoms with van der Waals surface area (Å²) in [6, 6.07) is 5.20. The average molecular weight is 275 g/mol.